The third-order valence-corrected chi connectivity index (χ3v) is 4.11. The van der Waals surface area contributed by atoms with Crippen LogP contribution in [0.4, 0.5) is 0 Å². The Morgan fingerprint density at radius 3 is 2.71 bits per heavy atom. The van der Waals surface area contributed by atoms with Gasteiger partial charge in [-0.25, -0.2) is 4.90 Å². The number of thiocyanates is 1. The first-order valence-corrected chi connectivity index (χ1v) is 7.41. The average molecular weight is 304 g/mol. The Labute approximate surface area is 127 Å². The van der Waals surface area contributed by atoms with E-state index in [0.717, 1.165) is 17.3 Å². The van der Waals surface area contributed by atoms with Gasteiger partial charge in [0.1, 0.15) is 5.40 Å². The second-order valence-electron chi connectivity index (χ2n) is 4.75. The van der Waals surface area contributed by atoms with E-state index in [9.17, 15) is 10.1 Å². The van der Waals surface area contributed by atoms with Crippen molar-refractivity contribution in [2.45, 2.75) is 31.9 Å². The molecule has 1 heterocycles. The summed E-state index contributed by atoms with van der Waals surface area (Å²) in [5.41, 5.74) is 1.09. The van der Waals surface area contributed by atoms with Crippen LogP contribution in [0, 0.1) is 20.8 Å². The lowest BCUT2D eigenvalue weighted by atomic mass is 10.2. The van der Waals surface area contributed by atoms with Gasteiger partial charge in [-0.2, -0.15) is 5.26 Å². The molecule has 6 nitrogen and oxygen atoms in total. The summed E-state index contributed by atoms with van der Waals surface area (Å²) in [4.78, 5) is 14.4. The summed E-state index contributed by atoms with van der Waals surface area (Å²) in [7, 11) is 0. The third-order valence-electron chi connectivity index (χ3n) is 3.44. The molecule has 1 aromatic rings. The average Bonchev–Trinajstić information content (AvgIpc) is 2.78. The van der Waals surface area contributed by atoms with Crippen molar-refractivity contribution in [2.24, 2.45) is 0 Å². The molecule has 0 saturated carbocycles. The molecule has 21 heavy (non-hydrogen) atoms. The van der Waals surface area contributed by atoms with E-state index in [2.05, 4.69) is 0 Å². The number of benzene rings is 1. The number of rotatable bonds is 5. The summed E-state index contributed by atoms with van der Waals surface area (Å²) in [6.07, 6.45) is 1.40. The third kappa shape index (κ3) is 3.28. The second kappa shape index (κ2) is 6.50. The maximum absolute atomic E-state index is 11.2. The van der Waals surface area contributed by atoms with Crippen LogP contribution in [0.25, 0.3) is 0 Å². The Morgan fingerprint density at radius 2 is 2.14 bits per heavy atom. The Morgan fingerprint density at radius 1 is 1.48 bits per heavy atom. The van der Waals surface area contributed by atoms with Crippen LogP contribution in [0.1, 0.15) is 19.4 Å². The highest BCUT2D eigenvalue weighted by atomic mass is 32.2. The minimum Gasteiger partial charge on any atom is -0.358 e. The molecule has 1 aliphatic rings. The molecule has 0 amide bonds. The molecule has 1 aliphatic heterocycles. The van der Waals surface area contributed by atoms with Gasteiger partial charge in [0.15, 0.2) is 11.5 Å². The summed E-state index contributed by atoms with van der Waals surface area (Å²) >= 11 is 1.02. The van der Waals surface area contributed by atoms with Crippen LogP contribution >= 0.6 is 11.8 Å². The smallest absolute Gasteiger partial charge is 0.337 e. The van der Waals surface area contributed by atoms with Crippen LogP contribution in [-0.4, -0.2) is 26.3 Å². The highest BCUT2D eigenvalue weighted by Crippen LogP contribution is 2.30. The molecule has 2 atom stereocenters. The van der Waals surface area contributed by atoms with Crippen LogP contribution in [-0.2, 0) is 6.54 Å². The monoisotopic (exact) mass is 304 g/mol. The molecule has 0 aliphatic carbocycles. The molecule has 7 heteroatoms. The quantitative estimate of drug-likeness (QED) is 0.473. The molecule has 110 valence electrons. The number of hydrogen-bond donors (Lipinski definition) is 0. The van der Waals surface area contributed by atoms with Crippen LogP contribution in [0.2, 0.25) is 0 Å². The summed E-state index contributed by atoms with van der Waals surface area (Å²) in [5.74, 6) is 0.0358. The van der Waals surface area contributed by atoms with E-state index < -0.39 is 4.92 Å². The van der Waals surface area contributed by atoms with Gasteiger partial charge in [0.25, 0.3) is 0 Å². The minimum absolute atomic E-state index is 0.0358. The van der Waals surface area contributed by atoms with Crippen molar-refractivity contribution < 1.29 is 4.92 Å². The normalized spacial score (nSPS) is 19.1. The van der Waals surface area contributed by atoms with E-state index >= 15 is 0 Å². The highest BCUT2D eigenvalue weighted by molar-refractivity contribution is 8.04. The molecule has 1 aromatic carbocycles. The van der Waals surface area contributed by atoms with Crippen molar-refractivity contribution in [3.05, 3.63) is 58.0 Å². The van der Waals surface area contributed by atoms with Gasteiger partial charge in [-0.05, 0) is 24.3 Å². The van der Waals surface area contributed by atoms with Crippen molar-refractivity contribution in [1.82, 2.24) is 9.80 Å². The Kier molecular flexibility index (Phi) is 4.70. The first-order valence-electron chi connectivity index (χ1n) is 6.53. The van der Waals surface area contributed by atoms with Crippen LogP contribution < -0.4 is 0 Å². The Hall–Kier alpha value is -2.20. The van der Waals surface area contributed by atoms with Crippen molar-refractivity contribution in [3.63, 3.8) is 0 Å². The number of thioether (sulfide) groups is 1. The molecule has 0 N–H and O–H groups in total. The summed E-state index contributed by atoms with van der Waals surface area (Å²) in [6, 6.07) is 9.80. The highest BCUT2D eigenvalue weighted by Gasteiger charge is 2.41. The van der Waals surface area contributed by atoms with Gasteiger partial charge < -0.3 is 15.0 Å². The van der Waals surface area contributed by atoms with E-state index in [1.54, 1.807) is 18.0 Å². The number of nitro groups is 1. The van der Waals surface area contributed by atoms with E-state index in [0.29, 0.717) is 6.54 Å². The summed E-state index contributed by atoms with van der Waals surface area (Å²) in [5, 5.41) is 21.8. The predicted molar refractivity (Wildman–Crippen MR) is 81.0 cm³/mol. The minimum atomic E-state index is -0.393. The van der Waals surface area contributed by atoms with Gasteiger partial charge in [0.05, 0.1) is 6.20 Å². The standard InChI is InChI=1S/C14H16N4O2S/c1-11-16(8-13-6-4-3-5-7-13)9-14(18(19)20)17(11)12(2)21-10-15/h3-7,9,11-12H,8H2,1-2H3. The summed E-state index contributed by atoms with van der Waals surface area (Å²) < 4.78 is 0. The molecule has 0 fully saturated rings. The molecule has 2 rings (SSSR count). The van der Waals surface area contributed by atoms with Gasteiger partial charge in [0, 0.05) is 18.3 Å². The zero-order chi connectivity index (χ0) is 15.4. The van der Waals surface area contributed by atoms with Crippen molar-refractivity contribution in [1.29, 1.82) is 5.26 Å². The molecule has 2 unspecified atom stereocenters. The molecule has 0 bridgehead atoms. The SMILES string of the molecule is CC(SC#N)N1C([N+](=O)[O-])=CN(Cc2ccccc2)C1C. The lowest BCUT2D eigenvalue weighted by molar-refractivity contribution is -0.446. The number of nitriles is 1. The van der Waals surface area contributed by atoms with Gasteiger partial charge >= 0.3 is 5.82 Å². The Bertz CT molecular complexity index is 584. The van der Waals surface area contributed by atoms with Crippen LogP contribution in [0.15, 0.2) is 42.4 Å². The predicted octanol–water partition coefficient (Wildman–Crippen LogP) is 2.79. The lowest BCUT2D eigenvalue weighted by Gasteiger charge is -2.28. The first kappa shape index (κ1) is 15.2. The molecule has 0 saturated heterocycles. The Balaban J connectivity index is 2.21. The van der Waals surface area contributed by atoms with E-state index in [4.69, 9.17) is 5.26 Å². The van der Waals surface area contributed by atoms with Crippen molar-refractivity contribution >= 4 is 11.8 Å². The molecule has 0 radical (unpaired) electrons. The van der Waals surface area contributed by atoms with Crippen LogP contribution in [0.3, 0.4) is 0 Å². The zero-order valence-corrected chi connectivity index (χ0v) is 12.7. The molecular weight excluding hydrogens is 288 g/mol. The van der Waals surface area contributed by atoms with Gasteiger partial charge in [-0.15, -0.1) is 0 Å². The van der Waals surface area contributed by atoms with Gasteiger partial charge in [-0.3, -0.25) is 0 Å². The fourth-order valence-corrected chi connectivity index (χ4v) is 2.96. The lowest BCUT2D eigenvalue weighted by Crippen LogP contribution is -2.41. The van der Waals surface area contributed by atoms with Crippen LogP contribution in [0.5, 0.6) is 0 Å². The van der Waals surface area contributed by atoms with Crippen molar-refractivity contribution in [2.75, 3.05) is 0 Å². The van der Waals surface area contributed by atoms with E-state index in [1.807, 2.05) is 47.6 Å². The van der Waals surface area contributed by atoms with Crippen molar-refractivity contribution in [3.8, 4) is 5.40 Å². The van der Waals surface area contributed by atoms with Gasteiger partial charge in [0.2, 0.25) is 0 Å². The molecule has 0 aromatic heterocycles. The largest absolute Gasteiger partial charge is 0.358 e. The van der Waals surface area contributed by atoms with Gasteiger partial charge in [-0.1, -0.05) is 30.3 Å². The van der Waals surface area contributed by atoms with E-state index in [-0.39, 0.29) is 17.4 Å². The first-order chi connectivity index (χ1) is 10.0. The fourth-order valence-electron chi connectivity index (χ4n) is 2.41. The maximum Gasteiger partial charge on any atom is 0.337 e. The fraction of sp³-hybridized carbons (Fsp3) is 0.357. The molecular formula is C14H16N4O2S. The molecule has 0 spiro atoms. The second-order valence-corrected chi connectivity index (χ2v) is 5.85. The number of hydrogen-bond acceptors (Lipinski definition) is 6. The van der Waals surface area contributed by atoms with E-state index in [1.165, 1.54) is 0 Å². The number of nitrogens with zero attached hydrogens (tertiary/aromatic N) is 4. The summed E-state index contributed by atoms with van der Waals surface area (Å²) in [6.45, 7) is 4.30. The maximum atomic E-state index is 11.2. The zero-order valence-electron chi connectivity index (χ0n) is 11.8. The topological polar surface area (TPSA) is 73.4 Å².